The first-order chi connectivity index (χ1) is 5.59. The van der Waals surface area contributed by atoms with Crippen molar-refractivity contribution in [3.8, 4) is 0 Å². The van der Waals surface area contributed by atoms with Crippen LogP contribution in [0.15, 0.2) is 0 Å². The average molecular weight is 170 g/mol. The molecule has 0 spiro atoms. The smallest absolute Gasteiger partial charge is 0.303 e. The normalized spacial score (nSPS) is 31.8. The zero-order valence-electron chi connectivity index (χ0n) is 7.92. The monoisotopic (exact) mass is 170 g/mol. The van der Waals surface area contributed by atoms with Crippen LogP contribution in [0.3, 0.4) is 0 Å². The predicted octanol–water partition coefficient (Wildman–Crippen LogP) is 2.53. The third kappa shape index (κ3) is 2.50. The van der Waals surface area contributed by atoms with Gasteiger partial charge >= 0.3 is 5.97 Å². The minimum absolute atomic E-state index is 0.345. The van der Waals surface area contributed by atoms with E-state index >= 15 is 0 Å². The van der Waals surface area contributed by atoms with Crippen LogP contribution in [0.2, 0.25) is 0 Å². The summed E-state index contributed by atoms with van der Waals surface area (Å²) in [6.45, 7) is 4.32. The maximum Gasteiger partial charge on any atom is 0.303 e. The minimum atomic E-state index is -0.651. The standard InChI is InChI=1S/C10H18O2/c1-7-3-4-9(5-7)8(2)6-10(11)12/h7-9H,3-6H2,1-2H3,(H,11,12)/t7-,8?,9+/m1/s1. The highest BCUT2D eigenvalue weighted by Crippen LogP contribution is 2.36. The molecule has 0 radical (unpaired) electrons. The van der Waals surface area contributed by atoms with Crippen molar-refractivity contribution in [3.05, 3.63) is 0 Å². The zero-order chi connectivity index (χ0) is 9.14. The Morgan fingerprint density at radius 1 is 1.58 bits per heavy atom. The van der Waals surface area contributed by atoms with Crippen molar-refractivity contribution in [1.29, 1.82) is 0 Å². The van der Waals surface area contributed by atoms with Crippen molar-refractivity contribution < 1.29 is 9.90 Å². The Bertz CT molecular complexity index is 165. The quantitative estimate of drug-likeness (QED) is 0.706. The fraction of sp³-hybridized carbons (Fsp3) is 0.900. The second-order valence-electron chi connectivity index (χ2n) is 4.25. The van der Waals surface area contributed by atoms with E-state index in [4.69, 9.17) is 5.11 Å². The highest BCUT2D eigenvalue weighted by atomic mass is 16.4. The number of hydrogen-bond acceptors (Lipinski definition) is 1. The Balaban J connectivity index is 2.32. The van der Waals surface area contributed by atoms with Gasteiger partial charge < -0.3 is 5.11 Å². The van der Waals surface area contributed by atoms with Crippen LogP contribution in [-0.2, 0) is 4.79 Å². The molecule has 1 aliphatic rings. The van der Waals surface area contributed by atoms with E-state index in [9.17, 15) is 4.79 Å². The van der Waals surface area contributed by atoms with Crippen LogP contribution in [0, 0.1) is 17.8 Å². The molecule has 70 valence electrons. The van der Waals surface area contributed by atoms with E-state index in [1.54, 1.807) is 0 Å². The molecular formula is C10H18O2. The summed E-state index contributed by atoms with van der Waals surface area (Å²) >= 11 is 0. The van der Waals surface area contributed by atoms with Gasteiger partial charge in [0.25, 0.3) is 0 Å². The Morgan fingerprint density at radius 2 is 2.25 bits per heavy atom. The molecule has 2 heteroatoms. The number of carbonyl (C=O) groups is 1. The van der Waals surface area contributed by atoms with Crippen LogP contribution in [0.4, 0.5) is 0 Å². The van der Waals surface area contributed by atoms with Gasteiger partial charge in [-0.05, 0) is 30.6 Å². The Hall–Kier alpha value is -0.530. The van der Waals surface area contributed by atoms with Crippen LogP contribution in [0.25, 0.3) is 0 Å². The van der Waals surface area contributed by atoms with Crippen LogP contribution in [0.1, 0.15) is 39.5 Å². The van der Waals surface area contributed by atoms with Gasteiger partial charge in [0.2, 0.25) is 0 Å². The molecule has 1 aliphatic carbocycles. The van der Waals surface area contributed by atoms with Gasteiger partial charge in [0.05, 0.1) is 0 Å². The SMILES string of the molecule is CC(CC(=O)O)[C@H]1CC[C@@H](C)C1. The first kappa shape index (κ1) is 9.56. The number of hydrogen-bond donors (Lipinski definition) is 1. The van der Waals surface area contributed by atoms with E-state index in [0.29, 0.717) is 18.3 Å². The summed E-state index contributed by atoms with van der Waals surface area (Å²) in [6, 6.07) is 0. The molecular weight excluding hydrogens is 152 g/mol. The minimum Gasteiger partial charge on any atom is -0.481 e. The van der Waals surface area contributed by atoms with Gasteiger partial charge in [-0.3, -0.25) is 4.79 Å². The first-order valence-electron chi connectivity index (χ1n) is 4.81. The summed E-state index contributed by atoms with van der Waals surface area (Å²) in [4.78, 5) is 10.4. The van der Waals surface area contributed by atoms with E-state index in [2.05, 4.69) is 13.8 Å². The lowest BCUT2D eigenvalue weighted by atomic mass is 9.89. The van der Waals surface area contributed by atoms with Gasteiger partial charge in [0.1, 0.15) is 0 Å². The lowest BCUT2D eigenvalue weighted by Gasteiger charge is -2.16. The molecule has 0 saturated heterocycles. The van der Waals surface area contributed by atoms with E-state index in [0.717, 1.165) is 5.92 Å². The molecule has 1 unspecified atom stereocenters. The summed E-state index contributed by atoms with van der Waals surface area (Å²) in [5, 5.41) is 8.61. The van der Waals surface area contributed by atoms with Crippen molar-refractivity contribution in [2.45, 2.75) is 39.5 Å². The Morgan fingerprint density at radius 3 is 2.67 bits per heavy atom. The lowest BCUT2D eigenvalue weighted by Crippen LogP contribution is -2.12. The molecule has 0 aromatic heterocycles. The van der Waals surface area contributed by atoms with Crippen LogP contribution in [0.5, 0.6) is 0 Å². The summed E-state index contributed by atoms with van der Waals surface area (Å²) in [5.41, 5.74) is 0. The highest BCUT2D eigenvalue weighted by molar-refractivity contribution is 5.66. The fourth-order valence-corrected chi connectivity index (χ4v) is 2.21. The summed E-state index contributed by atoms with van der Waals surface area (Å²) in [7, 11) is 0. The van der Waals surface area contributed by atoms with Crippen LogP contribution < -0.4 is 0 Å². The van der Waals surface area contributed by atoms with Crippen LogP contribution >= 0.6 is 0 Å². The van der Waals surface area contributed by atoms with Crippen molar-refractivity contribution >= 4 is 5.97 Å². The number of rotatable bonds is 3. The van der Waals surface area contributed by atoms with Crippen molar-refractivity contribution in [2.75, 3.05) is 0 Å². The molecule has 1 N–H and O–H groups in total. The molecule has 0 aromatic carbocycles. The fourth-order valence-electron chi connectivity index (χ4n) is 2.21. The Labute approximate surface area is 74.0 Å². The van der Waals surface area contributed by atoms with Gasteiger partial charge in [-0.15, -0.1) is 0 Å². The lowest BCUT2D eigenvalue weighted by molar-refractivity contribution is -0.138. The third-order valence-electron chi connectivity index (χ3n) is 3.04. The van der Waals surface area contributed by atoms with Crippen molar-refractivity contribution in [2.24, 2.45) is 17.8 Å². The first-order valence-corrected chi connectivity index (χ1v) is 4.81. The van der Waals surface area contributed by atoms with E-state index in [1.165, 1.54) is 19.3 Å². The molecule has 1 saturated carbocycles. The Kier molecular flexibility index (Phi) is 3.12. The molecule has 12 heavy (non-hydrogen) atoms. The molecule has 0 aliphatic heterocycles. The molecule has 0 bridgehead atoms. The average Bonchev–Trinajstić information content (AvgIpc) is 2.34. The maximum absolute atomic E-state index is 10.4. The number of carboxylic acids is 1. The number of carboxylic acid groups (broad SMARTS) is 1. The largest absolute Gasteiger partial charge is 0.481 e. The molecule has 0 heterocycles. The highest BCUT2D eigenvalue weighted by Gasteiger charge is 2.26. The molecule has 2 nitrogen and oxygen atoms in total. The molecule has 1 fully saturated rings. The van der Waals surface area contributed by atoms with Gasteiger partial charge in [-0.2, -0.15) is 0 Å². The van der Waals surface area contributed by atoms with Gasteiger partial charge in [0.15, 0.2) is 0 Å². The van der Waals surface area contributed by atoms with Crippen molar-refractivity contribution in [3.63, 3.8) is 0 Å². The summed E-state index contributed by atoms with van der Waals surface area (Å²) in [6.07, 6.45) is 4.09. The van der Waals surface area contributed by atoms with Crippen molar-refractivity contribution in [1.82, 2.24) is 0 Å². The van der Waals surface area contributed by atoms with Crippen LogP contribution in [-0.4, -0.2) is 11.1 Å². The second kappa shape index (κ2) is 3.92. The predicted molar refractivity (Wildman–Crippen MR) is 47.9 cm³/mol. The molecule has 1 rings (SSSR count). The van der Waals surface area contributed by atoms with E-state index < -0.39 is 5.97 Å². The van der Waals surface area contributed by atoms with Gasteiger partial charge in [-0.1, -0.05) is 20.3 Å². The maximum atomic E-state index is 10.4. The summed E-state index contributed by atoms with van der Waals surface area (Å²) in [5.74, 6) is 1.19. The topological polar surface area (TPSA) is 37.3 Å². The second-order valence-corrected chi connectivity index (χ2v) is 4.25. The molecule has 0 aromatic rings. The zero-order valence-corrected chi connectivity index (χ0v) is 7.92. The molecule has 0 amide bonds. The number of aliphatic carboxylic acids is 1. The van der Waals surface area contributed by atoms with E-state index in [-0.39, 0.29) is 0 Å². The molecule has 3 atom stereocenters. The van der Waals surface area contributed by atoms with Gasteiger partial charge in [-0.25, -0.2) is 0 Å². The van der Waals surface area contributed by atoms with E-state index in [1.807, 2.05) is 0 Å². The third-order valence-corrected chi connectivity index (χ3v) is 3.04. The van der Waals surface area contributed by atoms with Gasteiger partial charge in [0, 0.05) is 6.42 Å². The summed E-state index contributed by atoms with van der Waals surface area (Å²) < 4.78 is 0.